The van der Waals surface area contributed by atoms with Crippen LogP contribution in [0.1, 0.15) is 62.3 Å². The third-order valence-corrected chi connectivity index (χ3v) is 9.67. The smallest absolute Gasteiger partial charge is 0.321 e. The zero-order chi connectivity index (χ0) is 27.9. The summed E-state index contributed by atoms with van der Waals surface area (Å²) in [4.78, 5) is 33.0. The summed E-state index contributed by atoms with van der Waals surface area (Å²) < 4.78 is 1.04. The lowest BCUT2D eigenvalue weighted by atomic mass is 9.87. The fourth-order valence-electron chi connectivity index (χ4n) is 6.81. The van der Waals surface area contributed by atoms with Gasteiger partial charge in [0.05, 0.1) is 5.92 Å². The second kappa shape index (κ2) is 11.3. The summed E-state index contributed by atoms with van der Waals surface area (Å²) in [5.41, 5.74) is 5.07. The van der Waals surface area contributed by atoms with Crippen LogP contribution in [0.15, 0.2) is 46.9 Å². The lowest BCUT2D eigenvalue weighted by Crippen LogP contribution is -2.59. The number of amides is 1. The summed E-state index contributed by atoms with van der Waals surface area (Å²) in [6.45, 7) is 12.0. The summed E-state index contributed by atoms with van der Waals surface area (Å²) >= 11 is 3.54. The topological polar surface area (TPSA) is 64.1 Å². The molecule has 4 atom stereocenters. The van der Waals surface area contributed by atoms with Gasteiger partial charge in [-0.3, -0.25) is 19.4 Å². The zero-order valence-corrected chi connectivity index (χ0v) is 25.3. The molecule has 5 rings (SSSR count). The number of nitrogens with zero attached hydrogens (tertiary/aromatic N) is 3. The number of carbonyl (C=O) groups is 2. The van der Waals surface area contributed by atoms with Crippen LogP contribution in [0.25, 0.3) is 0 Å². The molecule has 7 heteroatoms. The van der Waals surface area contributed by atoms with Crippen molar-refractivity contribution in [1.29, 1.82) is 0 Å². The highest BCUT2D eigenvalue weighted by Gasteiger charge is 2.45. The SMILES string of the molecule is C[C@H]1CN([C@@H](Cc2ccc3c(c2)CCC3)C(=O)O)CCN1C(=O)C1CN(C(C)(C)C)CC1c1ccc(Br)cc1. The molecule has 0 bridgehead atoms. The Morgan fingerprint density at radius 2 is 1.72 bits per heavy atom. The van der Waals surface area contributed by atoms with Crippen LogP contribution in [0.4, 0.5) is 0 Å². The number of hydrogen-bond donors (Lipinski definition) is 1. The first-order chi connectivity index (χ1) is 18.5. The Kier molecular flexibility index (Phi) is 8.23. The van der Waals surface area contributed by atoms with Crippen molar-refractivity contribution in [2.75, 3.05) is 32.7 Å². The molecule has 2 saturated heterocycles. The van der Waals surface area contributed by atoms with E-state index in [2.05, 4.69) is 95.9 Å². The number of likely N-dealkylation sites (tertiary alicyclic amines) is 1. The molecule has 39 heavy (non-hydrogen) atoms. The molecule has 2 heterocycles. The normalized spacial score (nSPS) is 25.1. The Hall–Kier alpha value is -2.22. The van der Waals surface area contributed by atoms with Crippen LogP contribution in [0.2, 0.25) is 0 Å². The maximum atomic E-state index is 14.1. The van der Waals surface area contributed by atoms with Gasteiger partial charge in [0.15, 0.2) is 0 Å². The average Bonchev–Trinajstić information content (AvgIpc) is 3.54. The Balaban J connectivity index is 1.29. The van der Waals surface area contributed by atoms with Crippen LogP contribution < -0.4 is 0 Å². The minimum absolute atomic E-state index is 0.0147. The van der Waals surface area contributed by atoms with Crippen molar-refractivity contribution in [1.82, 2.24) is 14.7 Å². The van der Waals surface area contributed by atoms with Gasteiger partial charge in [-0.1, -0.05) is 46.3 Å². The number of piperazine rings is 1. The van der Waals surface area contributed by atoms with Gasteiger partial charge in [-0.25, -0.2) is 0 Å². The molecule has 1 amide bonds. The molecule has 2 aliphatic heterocycles. The van der Waals surface area contributed by atoms with E-state index in [1.54, 1.807) is 0 Å². The lowest BCUT2D eigenvalue weighted by molar-refractivity contribution is -0.147. The summed E-state index contributed by atoms with van der Waals surface area (Å²) in [6.07, 6.45) is 3.90. The van der Waals surface area contributed by atoms with E-state index in [-0.39, 0.29) is 29.3 Å². The molecule has 2 unspecified atom stereocenters. The summed E-state index contributed by atoms with van der Waals surface area (Å²) in [5.74, 6) is -0.551. The number of aryl methyl sites for hydroxylation is 2. The van der Waals surface area contributed by atoms with E-state index in [0.29, 0.717) is 26.1 Å². The van der Waals surface area contributed by atoms with Crippen molar-refractivity contribution in [2.24, 2.45) is 5.92 Å². The summed E-state index contributed by atoms with van der Waals surface area (Å²) in [7, 11) is 0. The second-order valence-electron chi connectivity index (χ2n) is 12.7. The van der Waals surface area contributed by atoms with Gasteiger partial charge in [0.2, 0.25) is 5.91 Å². The van der Waals surface area contributed by atoms with Crippen molar-refractivity contribution in [3.8, 4) is 0 Å². The van der Waals surface area contributed by atoms with Crippen molar-refractivity contribution >= 4 is 27.8 Å². The van der Waals surface area contributed by atoms with Crippen molar-refractivity contribution in [3.63, 3.8) is 0 Å². The molecule has 210 valence electrons. The van der Waals surface area contributed by atoms with Crippen molar-refractivity contribution < 1.29 is 14.7 Å². The third-order valence-electron chi connectivity index (χ3n) is 9.14. The number of fused-ring (bicyclic) bond motifs is 1. The van der Waals surface area contributed by atoms with Crippen LogP contribution in [-0.2, 0) is 28.9 Å². The number of carboxylic acids is 1. The maximum Gasteiger partial charge on any atom is 0.321 e. The maximum absolute atomic E-state index is 14.1. The van der Waals surface area contributed by atoms with Crippen LogP contribution in [0, 0.1) is 5.92 Å². The molecule has 3 aliphatic rings. The lowest BCUT2D eigenvalue weighted by Gasteiger charge is -2.43. The Morgan fingerprint density at radius 1 is 1.00 bits per heavy atom. The van der Waals surface area contributed by atoms with Gasteiger partial charge in [-0.15, -0.1) is 0 Å². The van der Waals surface area contributed by atoms with Gasteiger partial charge in [0, 0.05) is 54.7 Å². The highest BCUT2D eigenvalue weighted by molar-refractivity contribution is 9.10. The number of aliphatic carboxylic acids is 1. The first-order valence-corrected chi connectivity index (χ1v) is 15.2. The predicted molar refractivity (Wildman–Crippen MR) is 158 cm³/mol. The van der Waals surface area contributed by atoms with Gasteiger partial charge in [0.25, 0.3) is 0 Å². The minimum Gasteiger partial charge on any atom is -0.480 e. The average molecular weight is 597 g/mol. The van der Waals surface area contributed by atoms with Crippen LogP contribution >= 0.6 is 15.9 Å². The fourth-order valence-corrected chi connectivity index (χ4v) is 7.07. The molecule has 0 radical (unpaired) electrons. The Labute approximate surface area is 241 Å². The zero-order valence-electron chi connectivity index (χ0n) is 23.7. The first-order valence-electron chi connectivity index (χ1n) is 14.4. The van der Waals surface area contributed by atoms with E-state index in [0.717, 1.165) is 36.0 Å². The largest absolute Gasteiger partial charge is 0.480 e. The van der Waals surface area contributed by atoms with E-state index in [9.17, 15) is 14.7 Å². The van der Waals surface area contributed by atoms with Crippen LogP contribution in [0.3, 0.4) is 0 Å². The highest BCUT2D eigenvalue weighted by atomic mass is 79.9. The van der Waals surface area contributed by atoms with Gasteiger partial charge >= 0.3 is 5.97 Å². The second-order valence-corrected chi connectivity index (χ2v) is 13.6. The van der Waals surface area contributed by atoms with Crippen LogP contribution in [0.5, 0.6) is 0 Å². The van der Waals surface area contributed by atoms with E-state index in [4.69, 9.17) is 0 Å². The third kappa shape index (κ3) is 6.10. The van der Waals surface area contributed by atoms with Crippen molar-refractivity contribution in [3.05, 3.63) is 69.2 Å². The molecule has 6 nitrogen and oxygen atoms in total. The van der Waals surface area contributed by atoms with E-state index in [1.165, 1.54) is 23.1 Å². The van der Waals surface area contributed by atoms with Crippen LogP contribution in [-0.4, -0.2) is 82.0 Å². The molecule has 2 fully saturated rings. The fraction of sp³-hybridized carbons (Fsp3) is 0.562. The quantitative estimate of drug-likeness (QED) is 0.510. The van der Waals surface area contributed by atoms with Gasteiger partial charge < -0.3 is 10.0 Å². The Morgan fingerprint density at radius 3 is 2.38 bits per heavy atom. The first kappa shape index (κ1) is 28.3. The molecule has 1 aliphatic carbocycles. The molecule has 0 aromatic heterocycles. The molecule has 2 aromatic rings. The number of hydrogen-bond acceptors (Lipinski definition) is 4. The number of benzene rings is 2. The molecule has 2 aromatic carbocycles. The Bertz CT molecular complexity index is 1210. The standard InChI is InChI=1S/C32H42BrN3O3/c1-21-18-34(29(31(38)39)17-22-8-9-23-6-5-7-25(23)16-22)14-15-36(21)30(37)28-20-35(32(2,3)4)19-27(28)24-10-12-26(33)13-11-24/h8-13,16,21,27-29H,5-7,14-15,17-20H2,1-4H3,(H,38,39)/t21-,27?,28?,29-/m0/s1. The molecular formula is C32H42BrN3O3. The monoisotopic (exact) mass is 595 g/mol. The van der Waals surface area contributed by atoms with Gasteiger partial charge in [0.1, 0.15) is 6.04 Å². The molecule has 0 spiro atoms. The van der Waals surface area contributed by atoms with E-state index < -0.39 is 12.0 Å². The number of halogens is 1. The number of carbonyl (C=O) groups excluding carboxylic acids is 1. The number of carboxylic acid groups (broad SMARTS) is 1. The summed E-state index contributed by atoms with van der Waals surface area (Å²) in [6, 6.07) is 14.3. The van der Waals surface area contributed by atoms with E-state index in [1.807, 2.05) is 4.90 Å². The summed E-state index contributed by atoms with van der Waals surface area (Å²) in [5, 5.41) is 10.2. The minimum atomic E-state index is -0.783. The predicted octanol–water partition coefficient (Wildman–Crippen LogP) is 4.98. The van der Waals surface area contributed by atoms with Gasteiger partial charge in [-0.05, 0) is 87.8 Å². The van der Waals surface area contributed by atoms with Crippen molar-refractivity contribution in [2.45, 2.75) is 76.9 Å². The molecule has 0 saturated carbocycles. The molecule has 1 N–H and O–H groups in total. The number of rotatable bonds is 6. The van der Waals surface area contributed by atoms with Gasteiger partial charge in [-0.2, -0.15) is 0 Å². The van der Waals surface area contributed by atoms with E-state index >= 15 is 0 Å². The molecular weight excluding hydrogens is 554 g/mol. The highest BCUT2D eigenvalue weighted by Crippen LogP contribution is 2.38.